The van der Waals surface area contributed by atoms with Gasteiger partial charge >= 0.3 is 5.51 Å². The molecule has 2 N–H and O–H groups in total. The monoisotopic (exact) mass is 287 g/mol. The third-order valence-corrected chi connectivity index (χ3v) is 2.30. The van der Waals surface area contributed by atoms with E-state index >= 15 is 0 Å². The maximum Gasteiger partial charge on any atom is 0.485 e. The fourth-order valence-electron chi connectivity index (χ4n) is 0.795. The zero-order valence-electron chi connectivity index (χ0n) is 9.52. The molecule has 0 heterocycles. The first-order valence-electron chi connectivity index (χ1n) is 4.57. The summed E-state index contributed by atoms with van der Waals surface area (Å²) in [5.74, 6) is 0.324. The number of benzene rings is 1. The summed E-state index contributed by atoms with van der Waals surface area (Å²) in [6.45, 7) is 0. The number of quaternary nitrogens is 1. The quantitative estimate of drug-likeness (QED) is 0.440. The smallest absolute Gasteiger partial charge is 0.485 e. The van der Waals surface area contributed by atoms with Crippen LogP contribution in [-0.2, 0) is 10.1 Å². The summed E-state index contributed by atoms with van der Waals surface area (Å²) in [4.78, 5) is 1.26. The Morgan fingerprint density at radius 1 is 1.17 bits per heavy atom. The van der Waals surface area contributed by atoms with Crippen molar-refractivity contribution in [2.45, 2.75) is 5.51 Å². The van der Waals surface area contributed by atoms with Crippen molar-refractivity contribution in [1.82, 2.24) is 0 Å². The summed E-state index contributed by atoms with van der Waals surface area (Å²) in [6.07, 6.45) is 0. The van der Waals surface area contributed by atoms with Crippen molar-refractivity contribution in [3.05, 3.63) is 24.3 Å². The number of hydrogen-bond donors (Lipinski definition) is 2. The number of hydrogen-bond acceptors (Lipinski definition) is 4. The fraction of sp³-hybridized carbons (Fsp3) is 0.333. The van der Waals surface area contributed by atoms with Crippen LogP contribution in [-0.4, -0.2) is 37.7 Å². The van der Waals surface area contributed by atoms with Crippen molar-refractivity contribution in [3.8, 4) is 5.75 Å². The van der Waals surface area contributed by atoms with Crippen LogP contribution in [0.3, 0.4) is 0 Å². The molecule has 104 valence electrons. The largest absolute Gasteiger partial charge is 0.741 e. The molecule has 0 saturated heterocycles. The highest BCUT2D eigenvalue weighted by Crippen LogP contribution is 2.20. The molecule has 0 spiro atoms. The SMILES string of the molecule is C[NH+](C)c1ccc(O)cc1.O=S(=O)([O-])C(F)(F)F. The van der Waals surface area contributed by atoms with Gasteiger partial charge in [-0.15, -0.1) is 0 Å². The number of alkyl halides is 3. The van der Waals surface area contributed by atoms with Gasteiger partial charge in [-0.05, 0) is 12.1 Å². The van der Waals surface area contributed by atoms with Gasteiger partial charge in [-0.1, -0.05) is 0 Å². The Balaban J connectivity index is 0.000000331. The second kappa shape index (κ2) is 6.03. The highest BCUT2D eigenvalue weighted by molar-refractivity contribution is 7.86. The first kappa shape index (κ1) is 16.7. The zero-order valence-corrected chi connectivity index (χ0v) is 10.3. The minimum atomic E-state index is -6.09. The summed E-state index contributed by atoms with van der Waals surface area (Å²) in [7, 11) is -1.99. The van der Waals surface area contributed by atoms with Crippen LogP contribution in [0.1, 0.15) is 0 Å². The van der Waals surface area contributed by atoms with Gasteiger partial charge < -0.3 is 14.6 Å². The average molecular weight is 287 g/mol. The van der Waals surface area contributed by atoms with Crippen molar-refractivity contribution < 1.29 is 36.1 Å². The molecule has 0 aliphatic rings. The number of phenols is 1. The van der Waals surface area contributed by atoms with Crippen LogP contribution in [0.2, 0.25) is 0 Å². The minimum absolute atomic E-state index is 0.324. The summed E-state index contributed by atoms with van der Waals surface area (Å²) in [5.41, 5.74) is -4.47. The Morgan fingerprint density at radius 3 is 1.72 bits per heavy atom. The molecule has 18 heavy (non-hydrogen) atoms. The minimum Gasteiger partial charge on any atom is -0.741 e. The maximum atomic E-state index is 10.7. The molecule has 0 aliphatic heterocycles. The van der Waals surface area contributed by atoms with E-state index < -0.39 is 15.6 Å². The van der Waals surface area contributed by atoms with E-state index in [0.717, 1.165) is 0 Å². The second-order valence-corrected chi connectivity index (χ2v) is 4.82. The molecule has 0 saturated carbocycles. The Bertz CT molecular complexity index is 468. The molecule has 0 bridgehead atoms. The van der Waals surface area contributed by atoms with Gasteiger partial charge in [-0.25, -0.2) is 8.42 Å². The van der Waals surface area contributed by atoms with Gasteiger partial charge in [0, 0.05) is 12.1 Å². The normalized spacial score (nSPS) is 11.9. The molecule has 0 aromatic heterocycles. The molecule has 9 heteroatoms. The molecule has 0 amide bonds. The van der Waals surface area contributed by atoms with Gasteiger partial charge in [0.2, 0.25) is 0 Å². The molecule has 5 nitrogen and oxygen atoms in total. The van der Waals surface area contributed by atoms with Gasteiger partial charge in [-0.3, -0.25) is 0 Å². The fourth-order valence-corrected chi connectivity index (χ4v) is 0.795. The van der Waals surface area contributed by atoms with Gasteiger partial charge in [0.25, 0.3) is 0 Å². The maximum absolute atomic E-state index is 10.7. The van der Waals surface area contributed by atoms with Crippen molar-refractivity contribution in [2.24, 2.45) is 0 Å². The number of phenolic OH excluding ortho intramolecular Hbond substituents is 1. The van der Waals surface area contributed by atoms with Gasteiger partial charge in [-0.2, -0.15) is 13.2 Å². The lowest BCUT2D eigenvalue weighted by molar-refractivity contribution is -0.786. The molecule has 0 fully saturated rings. The summed E-state index contributed by atoms with van der Waals surface area (Å²) >= 11 is 0. The molecular formula is C9H12F3NO4S. The van der Waals surface area contributed by atoms with Crippen LogP contribution in [0, 0.1) is 0 Å². The third-order valence-electron chi connectivity index (χ3n) is 1.73. The molecule has 1 aromatic rings. The number of aromatic hydroxyl groups is 1. The predicted octanol–water partition coefficient (Wildman–Crippen LogP) is 0.220. The van der Waals surface area contributed by atoms with E-state index in [1.165, 1.54) is 10.6 Å². The molecule has 0 aliphatic carbocycles. The van der Waals surface area contributed by atoms with E-state index in [0.29, 0.717) is 5.75 Å². The lowest BCUT2D eigenvalue weighted by Gasteiger charge is -2.08. The average Bonchev–Trinajstić information content (AvgIpc) is 2.16. The van der Waals surface area contributed by atoms with Gasteiger partial charge in [0.15, 0.2) is 10.1 Å². The molecule has 0 radical (unpaired) electrons. The Hall–Kier alpha value is -1.32. The molecule has 0 atom stereocenters. The number of nitrogens with one attached hydrogen (secondary N) is 1. The number of rotatable bonds is 1. The highest BCUT2D eigenvalue weighted by atomic mass is 32.2. The second-order valence-electron chi connectivity index (χ2n) is 3.45. The molecule has 1 aromatic carbocycles. The molecule has 1 rings (SSSR count). The lowest BCUT2D eigenvalue weighted by Crippen LogP contribution is -3.00. The van der Waals surface area contributed by atoms with Crippen LogP contribution in [0.4, 0.5) is 18.9 Å². The van der Waals surface area contributed by atoms with Crippen molar-refractivity contribution >= 4 is 15.8 Å². The number of halogens is 3. The topological polar surface area (TPSA) is 81.9 Å². The van der Waals surface area contributed by atoms with Crippen LogP contribution in [0.15, 0.2) is 24.3 Å². The molecule has 0 unspecified atom stereocenters. The first-order valence-corrected chi connectivity index (χ1v) is 5.97. The van der Waals surface area contributed by atoms with Crippen molar-refractivity contribution in [1.29, 1.82) is 0 Å². The van der Waals surface area contributed by atoms with Crippen molar-refractivity contribution in [3.63, 3.8) is 0 Å². The van der Waals surface area contributed by atoms with Gasteiger partial charge in [0.1, 0.15) is 11.4 Å². The highest BCUT2D eigenvalue weighted by Gasteiger charge is 2.36. The van der Waals surface area contributed by atoms with E-state index in [2.05, 4.69) is 0 Å². The van der Waals surface area contributed by atoms with E-state index in [1.807, 2.05) is 26.2 Å². The van der Waals surface area contributed by atoms with E-state index in [1.54, 1.807) is 12.1 Å². The van der Waals surface area contributed by atoms with Crippen LogP contribution in [0.5, 0.6) is 5.75 Å². The zero-order chi connectivity index (χ0) is 14.6. The summed E-state index contributed by atoms with van der Waals surface area (Å²) in [5, 5.41) is 8.93. The standard InChI is InChI=1S/C8H11NO.CHF3O3S/c1-9(2)7-3-5-8(10)6-4-7;2-1(3,4)8(5,6)7/h3-6,10H,1-2H3;(H,5,6,7). The Morgan fingerprint density at radius 2 is 1.50 bits per heavy atom. The predicted molar refractivity (Wildman–Crippen MR) is 56.3 cm³/mol. The Kier molecular flexibility index (Phi) is 5.58. The Labute approximate surface area is 102 Å². The van der Waals surface area contributed by atoms with E-state index in [-0.39, 0.29) is 0 Å². The van der Waals surface area contributed by atoms with E-state index in [9.17, 15) is 13.2 Å². The third kappa shape index (κ3) is 5.84. The summed E-state index contributed by atoms with van der Waals surface area (Å²) in [6, 6.07) is 7.21. The van der Waals surface area contributed by atoms with Gasteiger partial charge in [0.05, 0.1) is 14.1 Å². The van der Waals surface area contributed by atoms with Crippen LogP contribution < -0.4 is 4.90 Å². The molecular weight excluding hydrogens is 275 g/mol. The van der Waals surface area contributed by atoms with Crippen LogP contribution in [0.25, 0.3) is 0 Å². The first-order chi connectivity index (χ1) is 7.95. The van der Waals surface area contributed by atoms with E-state index in [4.69, 9.17) is 18.1 Å². The lowest BCUT2D eigenvalue weighted by atomic mass is 10.3. The van der Waals surface area contributed by atoms with Crippen LogP contribution >= 0.6 is 0 Å². The van der Waals surface area contributed by atoms with Crippen molar-refractivity contribution in [2.75, 3.05) is 14.1 Å². The summed E-state index contributed by atoms with van der Waals surface area (Å²) < 4.78 is 58.9.